The molecule has 0 bridgehead atoms. The molecule has 34 heavy (non-hydrogen) atoms. The van der Waals surface area contributed by atoms with Crippen molar-refractivity contribution < 1.29 is 14.6 Å². The average Bonchev–Trinajstić information content (AvgIpc) is 3.46. The highest BCUT2D eigenvalue weighted by molar-refractivity contribution is 7.17. The van der Waals surface area contributed by atoms with E-state index in [2.05, 4.69) is 27.6 Å². The van der Waals surface area contributed by atoms with Gasteiger partial charge in [-0.15, -0.1) is 0 Å². The number of carbonyl (C=O) groups is 1. The van der Waals surface area contributed by atoms with Gasteiger partial charge in [0.15, 0.2) is 10.9 Å². The number of hydrogen-bond donors (Lipinski definition) is 3. The number of aryl methyl sites for hydroxylation is 2. The second-order valence-corrected chi connectivity index (χ2v) is 8.94. The third-order valence-corrected chi connectivity index (χ3v) is 6.47. The first-order chi connectivity index (χ1) is 16.4. The van der Waals surface area contributed by atoms with Crippen molar-refractivity contribution in [1.82, 2.24) is 14.8 Å². The zero-order valence-corrected chi connectivity index (χ0v) is 20.4. The Morgan fingerprint density at radius 1 is 1.18 bits per heavy atom. The van der Waals surface area contributed by atoms with E-state index in [-0.39, 0.29) is 11.7 Å². The second-order valence-electron chi connectivity index (χ2n) is 7.91. The summed E-state index contributed by atoms with van der Waals surface area (Å²) in [6, 6.07) is 11.3. The molecule has 0 aliphatic heterocycles. The van der Waals surface area contributed by atoms with Gasteiger partial charge in [0, 0.05) is 17.3 Å². The fourth-order valence-electron chi connectivity index (χ4n) is 3.57. The molecule has 2 aromatic heterocycles. The Hall–Kier alpha value is -3.85. The van der Waals surface area contributed by atoms with Gasteiger partial charge in [-0.2, -0.15) is 5.10 Å². The van der Waals surface area contributed by atoms with Crippen LogP contribution in [-0.4, -0.2) is 32.9 Å². The van der Waals surface area contributed by atoms with E-state index >= 15 is 0 Å². The number of phenols is 1. The van der Waals surface area contributed by atoms with Crippen LogP contribution in [0.2, 0.25) is 0 Å². The molecule has 1 amide bonds. The predicted octanol–water partition coefficient (Wildman–Crippen LogP) is 5.28. The van der Waals surface area contributed by atoms with Gasteiger partial charge in [0.05, 0.1) is 25.5 Å². The first kappa shape index (κ1) is 23.3. The number of hydrogen-bond acceptors (Lipinski definition) is 7. The number of rotatable bonds is 8. The molecule has 0 spiro atoms. The van der Waals surface area contributed by atoms with Crippen molar-refractivity contribution in [2.24, 2.45) is 0 Å². The van der Waals surface area contributed by atoms with Gasteiger partial charge in [0.1, 0.15) is 16.4 Å². The van der Waals surface area contributed by atoms with Crippen molar-refractivity contribution in [3.05, 3.63) is 75.9 Å². The molecular weight excluding hydrogens is 450 g/mol. The first-order valence-corrected chi connectivity index (χ1v) is 11.7. The number of carbonyl (C=O) groups excluding carboxylic acids is 1. The van der Waals surface area contributed by atoms with Crippen LogP contribution in [0.3, 0.4) is 0 Å². The lowest BCUT2D eigenvalue weighted by atomic mass is 10.1. The number of nitrogens with one attached hydrogen (secondary N) is 2. The number of thiazole rings is 1. The van der Waals surface area contributed by atoms with Crippen molar-refractivity contribution in [3.63, 3.8) is 0 Å². The minimum Gasteiger partial charge on any atom is -0.508 e. The molecule has 0 radical (unpaired) electrons. The van der Waals surface area contributed by atoms with E-state index in [9.17, 15) is 9.90 Å². The third-order valence-electron chi connectivity index (χ3n) is 5.56. The standard InChI is InChI=1S/C25H27N5O3S/c1-5-18-14-30(13-17-7-9-19(33-4)10-8-17)29-23(18)28-25-26-12-21(34-25)24(32)27-22-15(2)6-11-20(31)16(22)3/h6-12,14,31H,5,13H2,1-4H3,(H,27,32)(H,26,28,29). The van der Waals surface area contributed by atoms with Crippen LogP contribution in [0.4, 0.5) is 16.6 Å². The number of benzene rings is 2. The Morgan fingerprint density at radius 2 is 1.94 bits per heavy atom. The number of aromatic hydroxyl groups is 1. The fourth-order valence-corrected chi connectivity index (χ4v) is 4.28. The smallest absolute Gasteiger partial charge is 0.267 e. The molecular formula is C25H27N5O3S. The summed E-state index contributed by atoms with van der Waals surface area (Å²) in [5, 5.41) is 21.4. The molecule has 0 fully saturated rings. The molecule has 8 nitrogen and oxygen atoms in total. The minimum absolute atomic E-state index is 0.143. The number of anilines is 3. The first-order valence-electron chi connectivity index (χ1n) is 10.9. The van der Waals surface area contributed by atoms with Gasteiger partial charge in [-0.05, 0) is 49.6 Å². The van der Waals surface area contributed by atoms with Crippen molar-refractivity contribution in [1.29, 1.82) is 0 Å². The summed E-state index contributed by atoms with van der Waals surface area (Å²) in [5.41, 5.74) is 4.29. The summed E-state index contributed by atoms with van der Waals surface area (Å²) < 4.78 is 7.10. The van der Waals surface area contributed by atoms with Gasteiger partial charge in [0.25, 0.3) is 5.91 Å². The van der Waals surface area contributed by atoms with Crippen LogP contribution in [-0.2, 0) is 13.0 Å². The van der Waals surface area contributed by atoms with Crippen LogP contribution in [0.5, 0.6) is 11.5 Å². The summed E-state index contributed by atoms with van der Waals surface area (Å²) in [7, 11) is 1.65. The summed E-state index contributed by atoms with van der Waals surface area (Å²) in [4.78, 5) is 17.6. The normalized spacial score (nSPS) is 10.8. The van der Waals surface area contributed by atoms with Crippen LogP contribution in [0.1, 0.15) is 38.8 Å². The van der Waals surface area contributed by atoms with Gasteiger partial charge in [0.2, 0.25) is 0 Å². The second kappa shape index (κ2) is 9.96. The van der Waals surface area contributed by atoms with E-state index in [4.69, 9.17) is 4.74 Å². The molecule has 4 aromatic rings. The molecule has 176 valence electrons. The number of ether oxygens (including phenoxy) is 1. The minimum atomic E-state index is -0.275. The SMILES string of the molecule is CCc1cn(Cc2ccc(OC)cc2)nc1Nc1ncc(C(=O)Nc2c(C)ccc(O)c2C)s1. The third kappa shape index (κ3) is 5.04. The number of methoxy groups -OCH3 is 1. The molecule has 2 heterocycles. The van der Waals surface area contributed by atoms with Crippen LogP contribution < -0.4 is 15.4 Å². The molecule has 0 aliphatic rings. The maximum Gasteiger partial charge on any atom is 0.267 e. The lowest BCUT2D eigenvalue weighted by Gasteiger charge is -2.11. The quantitative estimate of drug-likeness (QED) is 0.319. The van der Waals surface area contributed by atoms with E-state index < -0.39 is 0 Å². The van der Waals surface area contributed by atoms with E-state index in [1.54, 1.807) is 26.2 Å². The largest absolute Gasteiger partial charge is 0.508 e. The lowest BCUT2D eigenvalue weighted by Crippen LogP contribution is -2.12. The van der Waals surface area contributed by atoms with Crippen molar-refractivity contribution in [2.75, 3.05) is 17.7 Å². The number of phenolic OH excluding ortho intramolecular Hbond substituents is 1. The van der Waals surface area contributed by atoms with Crippen molar-refractivity contribution >= 4 is 33.9 Å². The van der Waals surface area contributed by atoms with Crippen molar-refractivity contribution in [3.8, 4) is 11.5 Å². The Balaban J connectivity index is 1.47. The van der Waals surface area contributed by atoms with Crippen LogP contribution in [0.15, 0.2) is 48.8 Å². The van der Waals surface area contributed by atoms with Crippen LogP contribution in [0, 0.1) is 13.8 Å². The fraction of sp³-hybridized carbons (Fsp3) is 0.240. The molecule has 0 aliphatic carbocycles. The predicted molar refractivity (Wildman–Crippen MR) is 135 cm³/mol. The topological polar surface area (TPSA) is 101 Å². The zero-order valence-electron chi connectivity index (χ0n) is 19.5. The zero-order chi connectivity index (χ0) is 24.2. The Kier molecular flexibility index (Phi) is 6.83. The summed E-state index contributed by atoms with van der Waals surface area (Å²) in [6.07, 6.45) is 4.36. The van der Waals surface area contributed by atoms with E-state index in [1.807, 2.05) is 42.1 Å². The maximum absolute atomic E-state index is 12.8. The van der Waals surface area contributed by atoms with Crippen LogP contribution in [0.25, 0.3) is 0 Å². The molecule has 9 heteroatoms. The van der Waals surface area contributed by atoms with E-state index in [1.165, 1.54) is 17.5 Å². The monoisotopic (exact) mass is 477 g/mol. The Bertz CT molecular complexity index is 1310. The molecule has 2 aromatic carbocycles. The number of nitrogens with zero attached hydrogens (tertiary/aromatic N) is 3. The molecule has 0 saturated heterocycles. The Morgan fingerprint density at radius 3 is 2.65 bits per heavy atom. The summed E-state index contributed by atoms with van der Waals surface area (Å²) in [5.74, 6) is 1.41. The van der Waals surface area contributed by atoms with Gasteiger partial charge >= 0.3 is 0 Å². The molecule has 0 saturated carbocycles. The van der Waals surface area contributed by atoms with E-state index in [0.29, 0.717) is 27.8 Å². The van der Waals surface area contributed by atoms with Gasteiger partial charge in [-0.25, -0.2) is 4.98 Å². The van der Waals surface area contributed by atoms with Crippen molar-refractivity contribution in [2.45, 2.75) is 33.7 Å². The summed E-state index contributed by atoms with van der Waals surface area (Å²) >= 11 is 1.25. The highest BCUT2D eigenvalue weighted by Gasteiger charge is 2.16. The summed E-state index contributed by atoms with van der Waals surface area (Å²) in [6.45, 7) is 6.36. The molecule has 3 N–H and O–H groups in total. The highest BCUT2D eigenvalue weighted by atomic mass is 32.1. The maximum atomic E-state index is 12.8. The van der Waals surface area contributed by atoms with Gasteiger partial charge in [-0.3, -0.25) is 9.48 Å². The number of amides is 1. The molecule has 0 unspecified atom stereocenters. The van der Waals surface area contributed by atoms with Gasteiger partial charge in [-0.1, -0.05) is 36.5 Å². The van der Waals surface area contributed by atoms with E-state index in [0.717, 1.165) is 34.7 Å². The Labute approximate surface area is 202 Å². The molecule has 4 rings (SSSR count). The van der Waals surface area contributed by atoms with Crippen LogP contribution >= 0.6 is 11.3 Å². The molecule has 0 atom stereocenters. The van der Waals surface area contributed by atoms with Gasteiger partial charge < -0.3 is 20.5 Å². The average molecular weight is 478 g/mol. The highest BCUT2D eigenvalue weighted by Crippen LogP contribution is 2.30. The number of aromatic nitrogens is 3. The lowest BCUT2D eigenvalue weighted by molar-refractivity contribution is 0.103.